The highest BCUT2D eigenvalue weighted by Crippen LogP contribution is 2.15. The molecule has 1 unspecified atom stereocenters. The number of carbonyl (C=O) groups excluding carboxylic acids is 3. The fraction of sp³-hybridized carbons (Fsp3) is 0.691. The van der Waals surface area contributed by atoms with Gasteiger partial charge in [0.05, 0.1) is 0 Å². The molecule has 0 aromatic rings. The molecule has 0 heterocycles. The molecule has 74 heavy (non-hydrogen) atoms. The molecule has 0 rings (SSSR count). The minimum atomic E-state index is -0.792. The Balaban J connectivity index is 4.33. The number of hydrogen-bond donors (Lipinski definition) is 0. The van der Waals surface area contributed by atoms with E-state index in [2.05, 4.69) is 130 Å². The fourth-order valence-electron chi connectivity index (χ4n) is 8.36. The highest BCUT2D eigenvalue weighted by molar-refractivity contribution is 5.71. The van der Waals surface area contributed by atoms with E-state index in [-0.39, 0.29) is 31.1 Å². The molecule has 0 aliphatic heterocycles. The van der Waals surface area contributed by atoms with E-state index >= 15 is 0 Å². The Bertz CT molecular complexity index is 1510. The van der Waals surface area contributed by atoms with Gasteiger partial charge in [0.15, 0.2) is 6.10 Å². The second kappa shape index (κ2) is 61.6. The van der Waals surface area contributed by atoms with Crippen LogP contribution in [0.3, 0.4) is 0 Å². The van der Waals surface area contributed by atoms with Crippen molar-refractivity contribution < 1.29 is 28.6 Å². The van der Waals surface area contributed by atoms with Crippen LogP contribution in [0.2, 0.25) is 0 Å². The molecule has 6 heteroatoms. The van der Waals surface area contributed by atoms with Crippen molar-refractivity contribution in [3.05, 3.63) is 109 Å². The van der Waals surface area contributed by atoms with Crippen molar-refractivity contribution in [1.82, 2.24) is 0 Å². The molecule has 0 fully saturated rings. The number of carbonyl (C=O) groups is 3. The predicted molar refractivity (Wildman–Crippen MR) is 320 cm³/mol. The molecule has 0 aromatic carbocycles. The minimum Gasteiger partial charge on any atom is -0.462 e. The summed E-state index contributed by atoms with van der Waals surface area (Å²) in [4.78, 5) is 38.2. The average Bonchev–Trinajstić information content (AvgIpc) is 3.40. The van der Waals surface area contributed by atoms with Gasteiger partial charge in [-0.1, -0.05) is 252 Å². The zero-order valence-corrected chi connectivity index (χ0v) is 48.3. The van der Waals surface area contributed by atoms with Gasteiger partial charge in [0.25, 0.3) is 0 Å². The van der Waals surface area contributed by atoms with E-state index in [1.807, 2.05) is 0 Å². The Morgan fingerprint density at radius 3 is 0.892 bits per heavy atom. The van der Waals surface area contributed by atoms with E-state index in [1.54, 1.807) is 0 Å². The first-order valence-corrected chi connectivity index (χ1v) is 30.9. The summed E-state index contributed by atoms with van der Waals surface area (Å²) in [5.41, 5.74) is 0. The third-order valence-corrected chi connectivity index (χ3v) is 13.0. The zero-order valence-electron chi connectivity index (χ0n) is 48.3. The molecule has 0 aromatic heterocycles. The number of esters is 3. The number of hydrogen-bond acceptors (Lipinski definition) is 6. The Labute approximate surface area is 457 Å². The fourth-order valence-corrected chi connectivity index (χ4v) is 8.36. The van der Waals surface area contributed by atoms with Crippen molar-refractivity contribution in [2.45, 2.75) is 290 Å². The van der Waals surface area contributed by atoms with Gasteiger partial charge in [-0.25, -0.2) is 0 Å². The number of allylic oxidation sites excluding steroid dienone is 18. The van der Waals surface area contributed by atoms with E-state index in [9.17, 15) is 14.4 Å². The summed E-state index contributed by atoms with van der Waals surface area (Å²) in [5, 5.41) is 0. The average molecular weight is 1030 g/mol. The molecule has 1 atom stereocenters. The van der Waals surface area contributed by atoms with Crippen LogP contribution in [0.4, 0.5) is 0 Å². The molecule has 0 bridgehead atoms. The van der Waals surface area contributed by atoms with Gasteiger partial charge in [-0.3, -0.25) is 14.4 Å². The molecule has 6 nitrogen and oxygen atoms in total. The van der Waals surface area contributed by atoms with Crippen molar-refractivity contribution in [3.8, 4) is 0 Å². The van der Waals surface area contributed by atoms with E-state index < -0.39 is 6.10 Å². The quantitative estimate of drug-likeness (QED) is 0.0261. The van der Waals surface area contributed by atoms with Crippen LogP contribution in [0.15, 0.2) is 109 Å². The lowest BCUT2D eigenvalue weighted by Gasteiger charge is -2.18. The van der Waals surface area contributed by atoms with Crippen LogP contribution >= 0.6 is 0 Å². The summed E-state index contributed by atoms with van der Waals surface area (Å²) < 4.78 is 16.9. The maximum atomic E-state index is 12.9. The minimum absolute atomic E-state index is 0.0898. The van der Waals surface area contributed by atoms with Gasteiger partial charge in [0.1, 0.15) is 13.2 Å². The highest BCUT2D eigenvalue weighted by Gasteiger charge is 2.19. The van der Waals surface area contributed by atoms with E-state index in [0.29, 0.717) is 19.3 Å². The molecule has 0 amide bonds. The Kier molecular flexibility index (Phi) is 58.3. The smallest absolute Gasteiger partial charge is 0.306 e. The van der Waals surface area contributed by atoms with Crippen LogP contribution in [0, 0.1) is 0 Å². The molecular formula is C68H114O6. The lowest BCUT2D eigenvalue weighted by atomic mass is 10.1. The summed E-state index contributed by atoms with van der Waals surface area (Å²) >= 11 is 0. The van der Waals surface area contributed by atoms with Gasteiger partial charge < -0.3 is 14.2 Å². The van der Waals surface area contributed by atoms with Crippen molar-refractivity contribution in [3.63, 3.8) is 0 Å². The Hall–Kier alpha value is -3.93. The van der Waals surface area contributed by atoms with Crippen LogP contribution in [-0.2, 0) is 28.6 Å². The van der Waals surface area contributed by atoms with E-state index in [0.717, 1.165) is 135 Å². The summed E-state index contributed by atoms with van der Waals surface area (Å²) in [5.74, 6) is -0.916. The second-order valence-electron chi connectivity index (χ2n) is 20.2. The molecule has 0 radical (unpaired) electrons. The lowest BCUT2D eigenvalue weighted by Crippen LogP contribution is -2.30. The zero-order chi connectivity index (χ0) is 53.6. The first kappa shape index (κ1) is 70.1. The van der Waals surface area contributed by atoms with Gasteiger partial charge in [0, 0.05) is 19.3 Å². The second-order valence-corrected chi connectivity index (χ2v) is 20.2. The predicted octanol–water partition coefficient (Wildman–Crippen LogP) is 21.0. The Morgan fingerprint density at radius 2 is 0.554 bits per heavy atom. The van der Waals surface area contributed by atoms with Crippen LogP contribution in [0.1, 0.15) is 284 Å². The SMILES string of the molecule is CC/C=C\C/C=C\C/C=C\C/C=C\C/C=C\C/C=C\CCCCCCCCC(=O)OCC(COC(=O)CCCCCCC/C=C\CCC)OC(=O)CCCCCCCCCCC/C=C\C/C=C\CCCCCCC. The van der Waals surface area contributed by atoms with E-state index in [4.69, 9.17) is 14.2 Å². The monoisotopic (exact) mass is 1030 g/mol. The maximum Gasteiger partial charge on any atom is 0.306 e. The molecular weight excluding hydrogens is 913 g/mol. The Morgan fingerprint density at radius 1 is 0.284 bits per heavy atom. The summed E-state index contributed by atoms with van der Waals surface area (Å²) in [6, 6.07) is 0. The van der Waals surface area contributed by atoms with Crippen LogP contribution in [0.5, 0.6) is 0 Å². The van der Waals surface area contributed by atoms with Crippen molar-refractivity contribution in [2.24, 2.45) is 0 Å². The highest BCUT2D eigenvalue weighted by atomic mass is 16.6. The lowest BCUT2D eigenvalue weighted by molar-refractivity contribution is -0.167. The molecule has 0 saturated heterocycles. The van der Waals surface area contributed by atoms with Crippen LogP contribution < -0.4 is 0 Å². The van der Waals surface area contributed by atoms with Gasteiger partial charge in [0.2, 0.25) is 0 Å². The molecule has 0 aliphatic carbocycles. The van der Waals surface area contributed by atoms with Crippen molar-refractivity contribution in [1.29, 1.82) is 0 Å². The third-order valence-electron chi connectivity index (χ3n) is 13.0. The first-order valence-electron chi connectivity index (χ1n) is 30.9. The van der Waals surface area contributed by atoms with Gasteiger partial charge in [-0.2, -0.15) is 0 Å². The normalized spacial score (nSPS) is 12.9. The number of unbranched alkanes of at least 4 members (excludes halogenated alkanes) is 26. The maximum absolute atomic E-state index is 12.9. The molecule has 0 aliphatic rings. The topological polar surface area (TPSA) is 78.9 Å². The summed E-state index contributed by atoms with van der Waals surface area (Å²) in [6.07, 6.45) is 83.8. The molecule has 0 saturated carbocycles. The van der Waals surface area contributed by atoms with Crippen LogP contribution in [-0.4, -0.2) is 37.2 Å². The number of ether oxygens (including phenoxy) is 3. The van der Waals surface area contributed by atoms with Crippen molar-refractivity contribution >= 4 is 17.9 Å². The summed E-state index contributed by atoms with van der Waals surface area (Å²) in [7, 11) is 0. The van der Waals surface area contributed by atoms with Crippen molar-refractivity contribution in [2.75, 3.05) is 13.2 Å². The van der Waals surface area contributed by atoms with E-state index in [1.165, 1.54) is 109 Å². The first-order chi connectivity index (χ1) is 36.5. The largest absolute Gasteiger partial charge is 0.462 e. The number of rotatable bonds is 55. The van der Waals surface area contributed by atoms with Gasteiger partial charge in [-0.15, -0.1) is 0 Å². The molecule has 0 spiro atoms. The summed E-state index contributed by atoms with van der Waals surface area (Å²) in [6.45, 7) is 6.44. The molecule has 0 N–H and O–H groups in total. The van der Waals surface area contributed by atoms with Gasteiger partial charge in [-0.05, 0) is 122 Å². The van der Waals surface area contributed by atoms with Crippen LogP contribution in [0.25, 0.3) is 0 Å². The standard InChI is InChI=1S/C68H114O6/c1-4-7-10-13-16-19-22-24-26-28-30-32-33-34-35-37-38-40-42-44-46-49-52-55-58-61-67(70)73-64-65(63-72-66(69)60-57-54-51-48-21-18-15-12-9-6-3)74-68(71)62-59-56-53-50-47-45-43-41-39-36-31-29-27-25-23-20-17-14-11-8-5-2/h7,10,12,15-16,19,23-26,29-32,34-35,38,40,65H,4-6,8-9,11,13-14,17-18,20-22,27-28,33,36-37,39,41-64H2,1-3H3/b10-7-,15-12-,19-16-,25-23-,26-24-,31-29-,32-30-,35-34-,40-38-. The van der Waals surface area contributed by atoms with Gasteiger partial charge >= 0.3 is 17.9 Å². The third kappa shape index (κ3) is 59.0. The molecule has 422 valence electrons.